The molecule has 1 aromatic carbocycles. The van der Waals surface area contributed by atoms with E-state index in [2.05, 4.69) is 17.2 Å². The Morgan fingerprint density at radius 1 is 1.33 bits per heavy atom. The highest BCUT2D eigenvalue weighted by molar-refractivity contribution is 7.11. The average molecular weight is 402 g/mol. The number of nitrogens with zero attached hydrogens (tertiary/aromatic N) is 1. The number of aromatic nitrogens is 1. The quantitative estimate of drug-likeness (QED) is 0.743. The van der Waals surface area contributed by atoms with E-state index in [1.165, 1.54) is 4.88 Å². The summed E-state index contributed by atoms with van der Waals surface area (Å²) in [5.74, 6) is -0.0836. The van der Waals surface area contributed by atoms with E-state index in [1.807, 2.05) is 44.2 Å². The lowest BCUT2D eigenvalue weighted by Crippen LogP contribution is -2.34. The topological polar surface area (TPSA) is 68.0 Å². The first-order valence-electron chi connectivity index (χ1n) is 9.06. The standard InChI is InChI=1S/C21H24ClN3OS/c1-4-19-13(3)24-21(27-19)18(11-23)25-20(26)15-9-12(2)17(10-15)14-5-7-16(22)8-6-14/h5-9,18H,4,10-11,23H2,1-3H3,(H,25,26). The van der Waals surface area contributed by atoms with Crippen LogP contribution in [0.15, 0.2) is 41.5 Å². The zero-order valence-corrected chi connectivity index (χ0v) is 17.4. The molecule has 0 spiro atoms. The number of halogens is 1. The molecule has 1 unspecified atom stereocenters. The van der Waals surface area contributed by atoms with Crippen LogP contribution in [-0.4, -0.2) is 17.4 Å². The molecule has 1 heterocycles. The van der Waals surface area contributed by atoms with E-state index in [0.717, 1.165) is 39.4 Å². The predicted molar refractivity (Wildman–Crippen MR) is 113 cm³/mol. The SMILES string of the molecule is CCc1sc(C(CN)NC(=O)C2=CC(C)=C(c3ccc(Cl)cc3)C2)nc1C. The van der Waals surface area contributed by atoms with E-state index < -0.39 is 0 Å². The monoisotopic (exact) mass is 401 g/mol. The second-order valence-corrected chi connectivity index (χ2v) is 8.24. The van der Waals surface area contributed by atoms with Crippen LogP contribution in [0.25, 0.3) is 5.57 Å². The molecule has 3 rings (SSSR count). The summed E-state index contributed by atoms with van der Waals surface area (Å²) < 4.78 is 0. The summed E-state index contributed by atoms with van der Waals surface area (Å²) in [5.41, 5.74) is 11.0. The first-order valence-corrected chi connectivity index (χ1v) is 10.3. The van der Waals surface area contributed by atoms with Gasteiger partial charge in [-0.1, -0.05) is 30.7 Å². The van der Waals surface area contributed by atoms with Gasteiger partial charge < -0.3 is 11.1 Å². The van der Waals surface area contributed by atoms with E-state index in [4.69, 9.17) is 17.3 Å². The van der Waals surface area contributed by atoms with Gasteiger partial charge in [0.25, 0.3) is 0 Å². The van der Waals surface area contributed by atoms with Gasteiger partial charge in [-0.3, -0.25) is 4.79 Å². The molecule has 4 nitrogen and oxygen atoms in total. The van der Waals surface area contributed by atoms with Crippen molar-refractivity contribution in [1.82, 2.24) is 10.3 Å². The van der Waals surface area contributed by atoms with Crippen molar-refractivity contribution < 1.29 is 4.79 Å². The molecule has 1 aliphatic rings. The Labute approximate surface area is 169 Å². The lowest BCUT2D eigenvalue weighted by Gasteiger charge is -2.15. The maximum atomic E-state index is 12.8. The van der Waals surface area contributed by atoms with Crippen LogP contribution in [0.4, 0.5) is 0 Å². The zero-order chi connectivity index (χ0) is 19.6. The maximum absolute atomic E-state index is 12.8. The molecule has 1 aromatic heterocycles. The van der Waals surface area contributed by atoms with Crippen LogP contribution in [0, 0.1) is 6.92 Å². The molecule has 2 aromatic rings. The van der Waals surface area contributed by atoms with Gasteiger partial charge in [0.1, 0.15) is 5.01 Å². The number of allylic oxidation sites excluding steroid dienone is 3. The average Bonchev–Trinajstić information content (AvgIpc) is 3.23. The number of carbonyl (C=O) groups excluding carboxylic acids is 1. The molecule has 0 bridgehead atoms. The minimum Gasteiger partial charge on any atom is -0.342 e. The summed E-state index contributed by atoms with van der Waals surface area (Å²) in [4.78, 5) is 18.7. The van der Waals surface area contributed by atoms with Crippen molar-refractivity contribution in [3.63, 3.8) is 0 Å². The number of hydrogen-bond donors (Lipinski definition) is 2. The summed E-state index contributed by atoms with van der Waals surface area (Å²) in [7, 11) is 0. The van der Waals surface area contributed by atoms with E-state index in [0.29, 0.717) is 18.0 Å². The number of benzene rings is 1. The molecule has 3 N–H and O–H groups in total. The molecule has 0 fully saturated rings. The lowest BCUT2D eigenvalue weighted by atomic mass is 10.0. The number of aryl methyl sites for hydroxylation is 2. The normalized spacial score (nSPS) is 15.1. The van der Waals surface area contributed by atoms with Crippen molar-refractivity contribution >= 4 is 34.4 Å². The van der Waals surface area contributed by atoms with Crippen molar-refractivity contribution in [1.29, 1.82) is 0 Å². The van der Waals surface area contributed by atoms with Gasteiger partial charge in [0.15, 0.2) is 0 Å². The molecular weight excluding hydrogens is 378 g/mol. The number of carbonyl (C=O) groups is 1. The number of nitrogens with two attached hydrogens (primary N) is 1. The highest BCUT2D eigenvalue weighted by Gasteiger charge is 2.24. The summed E-state index contributed by atoms with van der Waals surface area (Å²) in [6.45, 7) is 6.46. The number of amides is 1. The van der Waals surface area contributed by atoms with Gasteiger partial charge in [-0.2, -0.15) is 0 Å². The van der Waals surface area contributed by atoms with Crippen LogP contribution in [0.3, 0.4) is 0 Å². The number of thiazole rings is 1. The van der Waals surface area contributed by atoms with Crippen molar-refractivity contribution in [3.8, 4) is 0 Å². The summed E-state index contributed by atoms with van der Waals surface area (Å²) in [6, 6.07) is 7.46. The van der Waals surface area contributed by atoms with E-state index in [1.54, 1.807) is 11.3 Å². The molecule has 0 saturated heterocycles. The fourth-order valence-corrected chi connectivity index (χ4v) is 4.45. The van der Waals surface area contributed by atoms with Crippen LogP contribution in [-0.2, 0) is 11.2 Å². The van der Waals surface area contributed by atoms with Crippen LogP contribution >= 0.6 is 22.9 Å². The molecule has 0 aliphatic heterocycles. The minimum absolute atomic E-state index is 0.0836. The largest absolute Gasteiger partial charge is 0.342 e. The van der Waals surface area contributed by atoms with Crippen LogP contribution in [0.5, 0.6) is 0 Å². The smallest absolute Gasteiger partial charge is 0.248 e. The van der Waals surface area contributed by atoms with Gasteiger partial charge in [-0.25, -0.2) is 4.98 Å². The summed E-state index contributed by atoms with van der Waals surface area (Å²) in [5, 5.41) is 4.64. The fraction of sp³-hybridized carbons (Fsp3) is 0.333. The molecule has 142 valence electrons. The maximum Gasteiger partial charge on any atom is 0.248 e. The molecular formula is C21H24ClN3OS. The third-order valence-electron chi connectivity index (χ3n) is 4.79. The van der Waals surface area contributed by atoms with Crippen LogP contribution in [0.1, 0.15) is 47.5 Å². The molecule has 0 radical (unpaired) electrons. The molecule has 1 amide bonds. The van der Waals surface area contributed by atoms with Gasteiger partial charge in [-0.15, -0.1) is 11.3 Å². The van der Waals surface area contributed by atoms with Crippen molar-refractivity contribution in [2.45, 2.75) is 39.7 Å². The van der Waals surface area contributed by atoms with Gasteiger partial charge in [-0.05, 0) is 55.2 Å². The Morgan fingerprint density at radius 3 is 2.63 bits per heavy atom. The fourth-order valence-electron chi connectivity index (χ4n) is 3.26. The van der Waals surface area contributed by atoms with E-state index >= 15 is 0 Å². The second-order valence-electron chi connectivity index (χ2n) is 6.69. The third-order valence-corrected chi connectivity index (χ3v) is 6.46. The van der Waals surface area contributed by atoms with Gasteiger partial charge >= 0.3 is 0 Å². The van der Waals surface area contributed by atoms with Crippen molar-refractivity contribution in [3.05, 3.63) is 67.7 Å². The molecule has 0 saturated carbocycles. The highest BCUT2D eigenvalue weighted by atomic mass is 35.5. The summed E-state index contributed by atoms with van der Waals surface area (Å²) >= 11 is 7.61. The van der Waals surface area contributed by atoms with E-state index in [-0.39, 0.29) is 11.9 Å². The van der Waals surface area contributed by atoms with Gasteiger partial charge in [0, 0.05) is 28.4 Å². The van der Waals surface area contributed by atoms with Crippen molar-refractivity contribution in [2.75, 3.05) is 6.54 Å². The predicted octanol–water partition coefficient (Wildman–Crippen LogP) is 4.59. The van der Waals surface area contributed by atoms with Crippen LogP contribution < -0.4 is 11.1 Å². The molecule has 6 heteroatoms. The number of hydrogen-bond acceptors (Lipinski definition) is 4. The Kier molecular flexibility index (Phi) is 6.15. The zero-order valence-electron chi connectivity index (χ0n) is 15.8. The first-order chi connectivity index (χ1) is 12.9. The number of rotatable bonds is 6. The summed E-state index contributed by atoms with van der Waals surface area (Å²) in [6.07, 6.45) is 3.50. The first kappa shape index (κ1) is 19.8. The Hall–Kier alpha value is -1.95. The van der Waals surface area contributed by atoms with Crippen molar-refractivity contribution in [2.24, 2.45) is 5.73 Å². The lowest BCUT2D eigenvalue weighted by molar-refractivity contribution is -0.118. The second kappa shape index (κ2) is 8.38. The van der Waals surface area contributed by atoms with Crippen LogP contribution in [0.2, 0.25) is 5.02 Å². The molecule has 1 aliphatic carbocycles. The highest BCUT2D eigenvalue weighted by Crippen LogP contribution is 2.34. The van der Waals surface area contributed by atoms with Gasteiger partial charge in [0.2, 0.25) is 5.91 Å². The molecule has 1 atom stereocenters. The Balaban J connectivity index is 1.71. The van der Waals surface area contributed by atoms with Gasteiger partial charge in [0.05, 0.1) is 11.7 Å². The van der Waals surface area contributed by atoms with E-state index in [9.17, 15) is 4.79 Å². The Morgan fingerprint density at radius 2 is 2.04 bits per heavy atom. The third kappa shape index (κ3) is 4.32. The number of nitrogens with one attached hydrogen (secondary N) is 1. The minimum atomic E-state index is -0.262. The molecule has 27 heavy (non-hydrogen) atoms. The Bertz CT molecular complexity index is 912.